The molecule has 0 unspecified atom stereocenters. The average molecular weight is 353 g/mol. The van der Waals surface area contributed by atoms with Gasteiger partial charge in [0, 0.05) is 12.1 Å². The highest BCUT2D eigenvalue weighted by Crippen LogP contribution is 2.49. The molecule has 1 aliphatic heterocycles. The summed E-state index contributed by atoms with van der Waals surface area (Å²) >= 11 is 6.60. The van der Waals surface area contributed by atoms with Crippen LogP contribution in [0.3, 0.4) is 0 Å². The van der Waals surface area contributed by atoms with Gasteiger partial charge in [-0.15, -0.1) is 0 Å². The van der Waals surface area contributed by atoms with E-state index >= 15 is 0 Å². The van der Waals surface area contributed by atoms with Crippen LogP contribution in [-0.2, 0) is 14.0 Å². The van der Waals surface area contributed by atoms with Crippen molar-refractivity contribution >= 4 is 24.2 Å². The molecule has 132 valence electrons. The number of methoxy groups -OCH3 is 1. The molecule has 1 aromatic rings. The Labute approximate surface area is 149 Å². The molecular formula is C18H26BClO4. The summed E-state index contributed by atoms with van der Waals surface area (Å²) in [5.74, 6) is 1.76. The molecule has 2 fully saturated rings. The van der Waals surface area contributed by atoms with Crippen molar-refractivity contribution in [3.05, 3.63) is 22.7 Å². The number of benzene rings is 1. The van der Waals surface area contributed by atoms with E-state index in [0.717, 1.165) is 17.4 Å². The highest BCUT2D eigenvalue weighted by atomic mass is 35.5. The van der Waals surface area contributed by atoms with E-state index in [2.05, 4.69) is 34.6 Å². The first kappa shape index (κ1) is 18.1. The van der Waals surface area contributed by atoms with E-state index in [0.29, 0.717) is 22.6 Å². The standard InChI is InChI=1S/C18H26BClO4/c1-11-7-13(11)16-14(8-12(9-15(16)20)22-10-21-6)19-23-17(2,3)18(4,5)24-19/h8-9,11,13H,7,10H2,1-6H3/t11-,13+/m1/s1. The lowest BCUT2D eigenvalue weighted by Gasteiger charge is -2.32. The molecule has 4 nitrogen and oxygen atoms in total. The minimum absolute atomic E-state index is 0.179. The second kappa shape index (κ2) is 6.20. The molecule has 2 aliphatic rings. The second-order valence-corrected chi connectivity index (χ2v) is 8.27. The SMILES string of the molecule is COCOc1cc(Cl)c([C@H]2C[C@H]2C)c(B2OC(C)(C)C(C)(C)O2)c1. The van der Waals surface area contributed by atoms with Crippen molar-refractivity contribution in [2.24, 2.45) is 5.92 Å². The molecule has 3 rings (SSSR count). The van der Waals surface area contributed by atoms with Gasteiger partial charge in [-0.1, -0.05) is 18.5 Å². The zero-order chi connectivity index (χ0) is 17.7. The van der Waals surface area contributed by atoms with Gasteiger partial charge in [-0.05, 0) is 69.1 Å². The molecular weight excluding hydrogens is 326 g/mol. The van der Waals surface area contributed by atoms with Crippen molar-refractivity contribution in [2.45, 2.75) is 58.2 Å². The molecule has 6 heteroatoms. The van der Waals surface area contributed by atoms with Crippen LogP contribution >= 0.6 is 11.6 Å². The molecule has 2 atom stereocenters. The Balaban J connectivity index is 2.00. The molecule has 1 saturated heterocycles. The van der Waals surface area contributed by atoms with Gasteiger partial charge >= 0.3 is 7.12 Å². The summed E-state index contributed by atoms with van der Waals surface area (Å²) < 4.78 is 23.1. The summed E-state index contributed by atoms with van der Waals surface area (Å²) in [6.07, 6.45) is 1.14. The third-order valence-electron chi connectivity index (χ3n) is 5.47. The van der Waals surface area contributed by atoms with E-state index < -0.39 is 7.12 Å². The lowest BCUT2D eigenvalue weighted by atomic mass is 9.74. The summed E-state index contributed by atoms with van der Waals surface area (Å²) in [5.41, 5.74) is 1.33. The van der Waals surface area contributed by atoms with Crippen LogP contribution in [0.4, 0.5) is 0 Å². The molecule has 0 amide bonds. The number of rotatable bonds is 5. The van der Waals surface area contributed by atoms with E-state index in [1.54, 1.807) is 7.11 Å². The zero-order valence-corrected chi connectivity index (χ0v) is 16.1. The van der Waals surface area contributed by atoms with Gasteiger partial charge in [-0.3, -0.25) is 0 Å². The minimum Gasteiger partial charge on any atom is -0.468 e. The summed E-state index contributed by atoms with van der Waals surface area (Å²) in [6, 6.07) is 3.84. The first-order valence-corrected chi connectivity index (χ1v) is 8.85. The average Bonchev–Trinajstić information content (AvgIpc) is 3.13. The molecule has 1 aliphatic carbocycles. The molecule has 0 radical (unpaired) electrons. The van der Waals surface area contributed by atoms with Gasteiger partial charge in [0.05, 0.1) is 11.2 Å². The normalized spacial score (nSPS) is 27.4. The Hall–Kier alpha value is -0.745. The van der Waals surface area contributed by atoms with Crippen LogP contribution in [0.1, 0.15) is 52.5 Å². The molecule has 1 aromatic carbocycles. The quantitative estimate of drug-likeness (QED) is 0.597. The maximum absolute atomic E-state index is 6.60. The summed E-state index contributed by atoms with van der Waals surface area (Å²) in [6.45, 7) is 10.6. The second-order valence-electron chi connectivity index (χ2n) is 7.87. The van der Waals surface area contributed by atoms with Crippen LogP contribution in [0.25, 0.3) is 0 Å². The van der Waals surface area contributed by atoms with Crippen LogP contribution in [0.2, 0.25) is 5.02 Å². The van der Waals surface area contributed by atoms with Gasteiger partial charge in [0.15, 0.2) is 6.79 Å². The van der Waals surface area contributed by atoms with Gasteiger partial charge in [-0.25, -0.2) is 0 Å². The Morgan fingerprint density at radius 1 is 1.21 bits per heavy atom. The van der Waals surface area contributed by atoms with E-state index in [1.165, 1.54) is 0 Å². The monoisotopic (exact) mass is 352 g/mol. The molecule has 0 bridgehead atoms. The van der Waals surface area contributed by atoms with E-state index in [1.807, 2.05) is 12.1 Å². The van der Waals surface area contributed by atoms with Gasteiger partial charge in [0.1, 0.15) is 5.75 Å². The Morgan fingerprint density at radius 3 is 2.29 bits per heavy atom. The maximum Gasteiger partial charge on any atom is 0.495 e. The topological polar surface area (TPSA) is 36.9 Å². The minimum atomic E-state index is -0.443. The lowest BCUT2D eigenvalue weighted by molar-refractivity contribution is 0.00578. The van der Waals surface area contributed by atoms with Crippen LogP contribution in [0, 0.1) is 5.92 Å². The van der Waals surface area contributed by atoms with Crippen molar-refractivity contribution in [3.8, 4) is 5.75 Å². The highest BCUT2D eigenvalue weighted by Gasteiger charge is 2.53. The van der Waals surface area contributed by atoms with Gasteiger partial charge in [0.25, 0.3) is 0 Å². The fourth-order valence-corrected chi connectivity index (χ4v) is 3.46. The molecule has 0 aromatic heterocycles. The summed E-state index contributed by atoms with van der Waals surface area (Å²) in [5, 5.41) is 0.711. The van der Waals surface area contributed by atoms with E-state index in [-0.39, 0.29) is 18.0 Å². The van der Waals surface area contributed by atoms with Crippen molar-refractivity contribution in [3.63, 3.8) is 0 Å². The van der Waals surface area contributed by atoms with Crippen LogP contribution in [0.5, 0.6) is 5.75 Å². The van der Waals surface area contributed by atoms with Crippen LogP contribution in [-0.4, -0.2) is 32.2 Å². The first-order valence-electron chi connectivity index (χ1n) is 8.47. The number of ether oxygens (including phenoxy) is 2. The zero-order valence-electron chi connectivity index (χ0n) is 15.3. The third kappa shape index (κ3) is 3.19. The van der Waals surface area contributed by atoms with Crippen molar-refractivity contribution < 1.29 is 18.8 Å². The van der Waals surface area contributed by atoms with E-state index in [4.69, 9.17) is 30.4 Å². The predicted molar refractivity (Wildman–Crippen MR) is 96.2 cm³/mol. The number of hydrogen-bond acceptors (Lipinski definition) is 4. The van der Waals surface area contributed by atoms with Gasteiger partial charge in [0.2, 0.25) is 0 Å². The van der Waals surface area contributed by atoms with Gasteiger partial charge < -0.3 is 18.8 Å². The fraction of sp³-hybridized carbons (Fsp3) is 0.667. The van der Waals surface area contributed by atoms with Crippen LogP contribution in [0.15, 0.2) is 12.1 Å². The van der Waals surface area contributed by atoms with Crippen molar-refractivity contribution in [2.75, 3.05) is 13.9 Å². The summed E-state index contributed by atoms with van der Waals surface area (Å²) in [4.78, 5) is 0. The highest BCUT2D eigenvalue weighted by molar-refractivity contribution is 6.63. The summed E-state index contributed by atoms with van der Waals surface area (Å²) in [7, 11) is 1.15. The fourth-order valence-electron chi connectivity index (χ4n) is 3.10. The lowest BCUT2D eigenvalue weighted by Crippen LogP contribution is -2.41. The molecule has 1 saturated carbocycles. The van der Waals surface area contributed by atoms with Gasteiger partial charge in [-0.2, -0.15) is 0 Å². The first-order chi connectivity index (χ1) is 11.2. The Kier molecular flexibility index (Phi) is 4.67. The maximum atomic E-state index is 6.60. The Morgan fingerprint density at radius 2 is 1.79 bits per heavy atom. The van der Waals surface area contributed by atoms with Crippen molar-refractivity contribution in [1.29, 1.82) is 0 Å². The van der Waals surface area contributed by atoms with E-state index in [9.17, 15) is 0 Å². The predicted octanol–water partition coefficient (Wildman–Crippen LogP) is 3.75. The van der Waals surface area contributed by atoms with Crippen molar-refractivity contribution in [1.82, 2.24) is 0 Å². The molecule has 24 heavy (non-hydrogen) atoms. The molecule has 0 N–H and O–H groups in total. The molecule has 0 spiro atoms. The largest absolute Gasteiger partial charge is 0.495 e. The number of halogens is 1. The smallest absolute Gasteiger partial charge is 0.468 e. The number of hydrogen-bond donors (Lipinski definition) is 0. The Bertz CT molecular complexity index is 616. The third-order valence-corrected chi connectivity index (χ3v) is 5.78. The molecule has 1 heterocycles. The van der Waals surface area contributed by atoms with Crippen LogP contribution < -0.4 is 10.2 Å².